The van der Waals surface area contributed by atoms with Crippen LogP contribution in [0.1, 0.15) is 5.56 Å². The highest BCUT2D eigenvalue weighted by atomic mass is 35.5. The van der Waals surface area contributed by atoms with Crippen molar-refractivity contribution in [1.82, 2.24) is 4.57 Å². The minimum atomic E-state index is -0.371. The smallest absolute Gasteiger partial charge is 0.307 e. The summed E-state index contributed by atoms with van der Waals surface area (Å²) in [7, 11) is 1.71. The predicted octanol–water partition coefficient (Wildman–Crippen LogP) is 4.26. The lowest BCUT2D eigenvalue weighted by atomic mass is 10.2. The molecule has 1 heterocycles. The molecule has 0 aliphatic carbocycles. The predicted molar refractivity (Wildman–Crippen MR) is 103 cm³/mol. The van der Waals surface area contributed by atoms with Crippen molar-refractivity contribution >= 4 is 56.5 Å². The normalized spacial score (nSPS) is 11.0. The molecule has 3 aromatic rings. The Morgan fingerprint density at radius 2 is 2.12 bits per heavy atom. The van der Waals surface area contributed by atoms with Crippen molar-refractivity contribution in [2.45, 2.75) is 5.75 Å². The Morgan fingerprint density at radius 1 is 1.32 bits per heavy atom. The number of nitrogens with one attached hydrogen (secondary N) is 1. The highest BCUT2D eigenvalue weighted by Crippen LogP contribution is 2.22. The van der Waals surface area contributed by atoms with Crippen molar-refractivity contribution in [2.24, 2.45) is 7.05 Å². The largest absolute Gasteiger partial charge is 0.325 e. The molecule has 1 amide bonds. The molecule has 2 aromatic carbocycles. The van der Waals surface area contributed by atoms with Gasteiger partial charge in [0.1, 0.15) is 5.82 Å². The third-order valence-corrected chi connectivity index (χ3v) is 5.79. The minimum absolute atomic E-state index is 0.0426. The molecular formula is C17H14ClFN2O2S2. The second-order valence-electron chi connectivity index (χ2n) is 5.39. The Bertz CT molecular complexity index is 1000. The Morgan fingerprint density at radius 3 is 2.88 bits per heavy atom. The minimum Gasteiger partial charge on any atom is -0.325 e. The van der Waals surface area contributed by atoms with Crippen LogP contribution >= 0.6 is 34.7 Å². The van der Waals surface area contributed by atoms with E-state index in [0.29, 0.717) is 22.0 Å². The van der Waals surface area contributed by atoms with E-state index in [1.165, 1.54) is 17.8 Å². The van der Waals surface area contributed by atoms with Crippen LogP contribution < -0.4 is 10.2 Å². The first-order valence-electron chi connectivity index (χ1n) is 7.35. The van der Waals surface area contributed by atoms with Gasteiger partial charge in [-0.15, -0.1) is 11.8 Å². The van der Waals surface area contributed by atoms with Crippen molar-refractivity contribution in [2.75, 3.05) is 11.1 Å². The maximum Gasteiger partial charge on any atom is 0.307 e. The molecule has 25 heavy (non-hydrogen) atoms. The molecule has 4 nitrogen and oxygen atoms in total. The molecule has 8 heteroatoms. The fraction of sp³-hybridized carbons (Fsp3) is 0.176. The van der Waals surface area contributed by atoms with Gasteiger partial charge in [0, 0.05) is 23.5 Å². The number of thioether (sulfide) groups is 1. The number of halogens is 2. The quantitative estimate of drug-likeness (QED) is 0.700. The van der Waals surface area contributed by atoms with Crippen LogP contribution in [0.15, 0.2) is 41.2 Å². The zero-order chi connectivity index (χ0) is 18.0. The number of amides is 1. The first-order chi connectivity index (χ1) is 11.9. The second-order valence-corrected chi connectivity index (χ2v) is 7.80. The standard InChI is InChI=1S/C17H14ClFN2O2S2/c1-21-14-5-4-12(7-15(14)25-17(21)23)20-16(22)9-24-8-10-2-3-11(18)6-13(10)19/h2-7H,8-9H2,1H3,(H,20,22). The van der Waals surface area contributed by atoms with Crippen LogP contribution in [0.4, 0.5) is 10.1 Å². The van der Waals surface area contributed by atoms with Gasteiger partial charge in [0.2, 0.25) is 5.91 Å². The molecule has 0 aliphatic rings. The average Bonchev–Trinajstić information content (AvgIpc) is 2.83. The second kappa shape index (κ2) is 7.59. The topological polar surface area (TPSA) is 51.1 Å². The van der Waals surface area contributed by atoms with Crippen molar-refractivity contribution in [3.8, 4) is 0 Å². The number of carbonyl (C=O) groups is 1. The van der Waals surface area contributed by atoms with Gasteiger partial charge in [-0.1, -0.05) is 29.0 Å². The van der Waals surface area contributed by atoms with Crippen molar-refractivity contribution < 1.29 is 9.18 Å². The molecule has 0 bridgehead atoms. The van der Waals surface area contributed by atoms with Gasteiger partial charge in [-0.25, -0.2) is 4.39 Å². The van der Waals surface area contributed by atoms with E-state index in [-0.39, 0.29) is 22.4 Å². The monoisotopic (exact) mass is 396 g/mol. The van der Waals surface area contributed by atoms with Gasteiger partial charge in [-0.05, 0) is 35.9 Å². The summed E-state index contributed by atoms with van der Waals surface area (Å²) < 4.78 is 16.1. The Balaban J connectivity index is 1.58. The number of hydrogen-bond acceptors (Lipinski definition) is 4. The molecule has 0 radical (unpaired) electrons. The van der Waals surface area contributed by atoms with Crippen LogP contribution in [0.2, 0.25) is 5.02 Å². The number of carbonyl (C=O) groups excluding carboxylic acids is 1. The molecule has 0 atom stereocenters. The van der Waals surface area contributed by atoms with Crippen LogP contribution in [0, 0.1) is 5.82 Å². The average molecular weight is 397 g/mol. The Kier molecular flexibility index (Phi) is 5.46. The summed E-state index contributed by atoms with van der Waals surface area (Å²) in [5.41, 5.74) is 1.98. The van der Waals surface area contributed by atoms with E-state index < -0.39 is 0 Å². The van der Waals surface area contributed by atoms with Gasteiger partial charge < -0.3 is 9.88 Å². The maximum atomic E-state index is 13.7. The van der Waals surface area contributed by atoms with E-state index in [2.05, 4.69) is 5.32 Å². The number of fused-ring (bicyclic) bond motifs is 1. The van der Waals surface area contributed by atoms with Gasteiger partial charge in [0.15, 0.2) is 0 Å². The molecule has 1 N–H and O–H groups in total. The highest BCUT2D eigenvalue weighted by molar-refractivity contribution is 7.99. The number of aryl methyl sites for hydroxylation is 1. The summed E-state index contributed by atoms with van der Waals surface area (Å²) in [4.78, 5) is 23.6. The SMILES string of the molecule is Cn1c(=O)sc2cc(NC(=O)CSCc3ccc(Cl)cc3F)ccc21. The molecule has 0 saturated carbocycles. The summed E-state index contributed by atoms with van der Waals surface area (Å²) in [5, 5.41) is 3.14. The van der Waals surface area contributed by atoms with E-state index in [1.807, 2.05) is 0 Å². The third kappa shape index (κ3) is 4.23. The fourth-order valence-corrected chi connectivity index (χ4v) is 4.19. The molecular weight excluding hydrogens is 383 g/mol. The zero-order valence-electron chi connectivity index (χ0n) is 13.2. The van der Waals surface area contributed by atoms with Crippen molar-refractivity contribution in [3.63, 3.8) is 0 Å². The molecule has 0 spiro atoms. The number of hydrogen-bond donors (Lipinski definition) is 1. The summed E-state index contributed by atoms with van der Waals surface area (Å²) in [5.74, 6) is 0.0350. The third-order valence-electron chi connectivity index (χ3n) is 3.58. The number of aromatic nitrogens is 1. The lowest BCUT2D eigenvalue weighted by molar-refractivity contribution is -0.113. The van der Waals surface area contributed by atoms with Crippen molar-refractivity contribution in [1.29, 1.82) is 0 Å². The molecule has 0 saturated heterocycles. The Hall–Kier alpha value is -1.83. The van der Waals surface area contributed by atoms with E-state index >= 15 is 0 Å². The molecule has 130 valence electrons. The van der Waals surface area contributed by atoms with E-state index in [9.17, 15) is 14.0 Å². The number of nitrogens with zero attached hydrogens (tertiary/aromatic N) is 1. The summed E-state index contributed by atoms with van der Waals surface area (Å²) in [6.07, 6.45) is 0. The number of benzene rings is 2. The van der Waals surface area contributed by atoms with Gasteiger partial charge in [-0.3, -0.25) is 9.59 Å². The van der Waals surface area contributed by atoms with Crippen LogP contribution in [0.25, 0.3) is 10.2 Å². The van der Waals surface area contributed by atoms with Gasteiger partial charge in [0.25, 0.3) is 0 Å². The first kappa shape index (κ1) is 18.0. The highest BCUT2D eigenvalue weighted by Gasteiger charge is 2.09. The van der Waals surface area contributed by atoms with E-state index in [4.69, 9.17) is 11.6 Å². The number of rotatable bonds is 5. The lowest BCUT2D eigenvalue weighted by Gasteiger charge is -2.06. The first-order valence-corrected chi connectivity index (χ1v) is 9.70. The van der Waals surface area contributed by atoms with Gasteiger partial charge >= 0.3 is 4.87 Å². The van der Waals surface area contributed by atoms with Crippen LogP contribution in [-0.4, -0.2) is 16.2 Å². The van der Waals surface area contributed by atoms with Gasteiger partial charge in [-0.2, -0.15) is 0 Å². The summed E-state index contributed by atoms with van der Waals surface area (Å²) in [6.45, 7) is 0. The zero-order valence-corrected chi connectivity index (χ0v) is 15.6. The number of anilines is 1. The molecule has 0 fully saturated rings. The van der Waals surface area contributed by atoms with E-state index in [0.717, 1.165) is 21.6 Å². The summed E-state index contributed by atoms with van der Waals surface area (Å²) in [6, 6.07) is 9.85. The summed E-state index contributed by atoms with van der Waals surface area (Å²) >= 11 is 8.17. The van der Waals surface area contributed by atoms with Crippen LogP contribution in [0.3, 0.4) is 0 Å². The van der Waals surface area contributed by atoms with Gasteiger partial charge in [0.05, 0.1) is 16.0 Å². The number of thiazole rings is 1. The lowest BCUT2D eigenvalue weighted by Crippen LogP contribution is -2.14. The van der Waals surface area contributed by atoms with Crippen molar-refractivity contribution in [3.05, 3.63) is 62.5 Å². The molecule has 3 rings (SSSR count). The van der Waals surface area contributed by atoms with Crippen LogP contribution in [0.5, 0.6) is 0 Å². The van der Waals surface area contributed by atoms with E-state index in [1.54, 1.807) is 41.9 Å². The molecule has 1 aromatic heterocycles. The maximum absolute atomic E-state index is 13.7. The Labute approximate surface area is 156 Å². The molecule has 0 aliphatic heterocycles. The van der Waals surface area contributed by atoms with Crippen LogP contribution in [-0.2, 0) is 17.6 Å². The molecule has 0 unspecified atom stereocenters. The fourth-order valence-electron chi connectivity index (χ4n) is 2.30.